The summed E-state index contributed by atoms with van der Waals surface area (Å²) in [6.07, 6.45) is 4.42. The van der Waals surface area contributed by atoms with Crippen LogP contribution in [0.2, 0.25) is 0 Å². The summed E-state index contributed by atoms with van der Waals surface area (Å²) >= 11 is 0. The second-order valence-electron chi connectivity index (χ2n) is 4.29. The Kier molecular flexibility index (Phi) is 3.10. The fourth-order valence-corrected chi connectivity index (χ4v) is 1.97. The molecule has 0 unspecified atom stereocenters. The van der Waals surface area contributed by atoms with Crippen LogP contribution in [0.3, 0.4) is 0 Å². The zero-order valence-electron chi connectivity index (χ0n) is 10.7. The largest absolute Gasteiger partial charge is 0.370 e. The van der Waals surface area contributed by atoms with Gasteiger partial charge in [0, 0.05) is 12.6 Å². The van der Waals surface area contributed by atoms with Gasteiger partial charge in [-0.15, -0.1) is 0 Å². The summed E-state index contributed by atoms with van der Waals surface area (Å²) in [5.74, 6) is 1.66. The van der Waals surface area contributed by atoms with Crippen LogP contribution in [0.5, 0.6) is 0 Å². The molecule has 1 N–H and O–H groups in total. The lowest BCUT2D eigenvalue weighted by Crippen LogP contribution is -2.04. The molecule has 0 saturated heterocycles. The van der Waals surface area contributed by atoms with Gasteiger partial charge in [0.2, 0.25) is 0 Å². The highest BCUT2D eigenvalue weighted by Crippen LogP contribution is 2.17. The molecule has 3 rings (SSSR count). The standard InChI is InChI=1S/C14H15N5/c1-2-7-15-13-8-14(17-9-16-13)19-10-18-11-5-3-4-6-12(11)19/h3-6,8-10H,2,7H2,1H3,(H,15,16,17). The highest BCUT2D eigenvalue weighted by molar-refractivity contribution is 5.76. The normalized spacial score (nSPS) is 10.8. The lowest BCUT2D eigenvalue weighted by molar-refractivity contribution is 0.950. The number of para-hydroxylation sites is 2. The summed E-state index contributed by atoms with van der Waals surface area (Å²) in [5.41, 5.74) is 2.01. The van der Waals surface area contributed by atoms with Gasteiger partial charge in [-0.25, -0.2) is 15.0 Å². The SMILES string of the molecule is CCCNc1cc(-n2cnc3ccccc32)ncn1. The average molecular weight is 253 g/mol. The van der Waals surface area contributed by atoms with Gasteiger partial charge in [-0.2, -0.15) is 0 Å². The molecule has 1 aromatic carbocycles. The second-order valence-corrected chi connectivity index (χ2v) is 4.29. The van der Waals surface area contributed by atoms with E-state index in [-0.39, 0.29) is 0 Å². The third kappa shape index (κ3) is 2.27. The fraction of sp³-hybridized carbons (Fsp3) is 0.214. The van der Waals surface area contributed by atoms with E-state index in [0.717, 1.165) is 35.6 Å². The molecule has 0 aliphatic rings. The molecule has 5 heteroatoms. The number of imidazole rings is 1. The van der Waals surface area contributed by atoms with E-state index in [9.17, 15) is 0 Å². The number of benzene rings is 1. The highest BCUT2D eigenvalue weighted by atomic mass is 15.1. The van der Waals surface area contributed by atoms with E-state index in [0.29, 0.717) is 0 Å². The summed E-state index contributed by atoms with van der Waals surface area (Å²) in [6, 6.07) is 9.93. The summed E-state index contributed by atoms with van der Waals surface area (Å²) in [5, 5.41) is 3.26. The lowest BCUT2D eigenvalue weighted by Gasteiger charge is -2.06. The van der Waals surface area contributed by atoms with Crippen molar-refractivity contribution in [3.8, 4) is 5.82 Å². The Hall–Kier alpha value is -2.43. The van der Waals surface area contributed by atoms with Crippen molar-refractivity contribution in [1.29, 1.82) is 0 Å². The van der Waals surface area contributed by atoms with Gasteiger partial charge in [-0.3, -0.25) is 4.57 Å². The third-order valence-electron chi connectivity index (χ3n) is 2.91. The van der Waals surface area contributed by atoms with E-state index < -0.39 is 0 Å². The Bertz CT molecular complexity index is 689. The van der Waals surface area contributed by atoms with Crippen LogP contribution in [0.1, 0.15) is 13.3 Å². The van der Waals surface area contributed by atoms with Gasteiger partial charge in [0.25, 0.3) is 0 Å². The third-order valence-corrected chi connectivity index (χ3v) is 2.91. The first-order chi connectivity index (χ1) is 9.38. The van der Waals surface area contributed by atoms with E-state index in [4.69, 9.17) is 0 Å². The quantitative estimate of drug-likeness (QED) is 0.776. The summed E-state index contributed by atoms with van der Waals surface area (Å²) < 4.78 is 1.97. The molecule has 0 atom stereocenters. The smallest absolute Gasteiger partial charge is 0.143 e. The molecule has 0 aliphatic carbocycles. The molecule has 0 fully saturated rings. The number of hydrogen-bond donors (Lipinski definition) is 1. The predicted octanol–water partition coefficient (Wildman–Crippen LogP) is 2.64. The van der Waals surface area contributed by atoms with Gasteiger partial charge >= 0.3 is 0 Å². The Morgan fingerprint density at radius 1 is 1.16 bits per heavy atom. The first-order valence-electron chi connectivity index (χ1n) is 6.37. The van der Waals surface area contributed by atoms with Crippen molar-refractivity contribution in [3.63, 3.8) is 0 Å². The Balaban J connectivity index is 2.01. The average Bonchev–Trinajstić information content (AvgIpc) is 2.89. The number of anilines is 1. The Labute approximate surface area is 111 Å². The zero-order chi connectivity index (χ0) is 13.1. The van der Waals surface area contributed by atoms with Crippen LogP contribution in [-0.4, -0.2) is 26.1 Å². The molecule has 5 nitrogen and oxygen atoms in total. The maximum Gasteiger partial charge on any atom is 0.143 e. The van der Waals surface area contributed by atoms with Gasteiger partial charge in [0.15, 0.2) is 0 Å². The van der Waals surface area contributed by atoms with Crippen LogP contribution in [0.25, 0.3) is 16.9 Å². The molecule has 2 aromatic heterocycles. The van der Waals surface area contributed by atoms with Crippen LogP contribution < -0.4 is 5.32 Å². The van der Waals surface area contributed by atoms with Crippen molar-refractivity contribution < 1.29 is 0 Å². The number of nitrogens with zero attached hydrogens (tertiary/aromatic N) is 4. The molecule has 0 aliphatic heterocycles. The maximum absolute atomic E-state index is 4.37. The molecule has 0 radical (unpaired) electrons. The molecular weight excluding hydrogens is 238 g/mol. The van der Waals surface area contributed by atoms with Crippen molar-refractivity contribution in [3.05, 3.63) is 43.0 Å². The van der Waals surface area contributed by atoms with Crippen LogP contribution in [0, 0.1) is 0 Å². The van der Waals surface area contributed by atoms with E-state index in [1.165, 1.54) is 0 Å². The Morgan fingerprint density at radius 2 is 2.05 bits per heavy atom. The fourth-order valence-electron chi connectivity index (χ4n) is 1.97. The van der Waals surface area contributed by atoms with Gasteiger partial charge < -0.3 is 5.32 Å². The highest BCUT2D eigenvalue weighted by Gasteiger charge is 2.05. The van der Waals surface area contributed by atoms with Crippen LogP contribution in [0.15, 0.2) is 43.0 Å². The maximum atomic E-state index is 4.37. The van der Waals surface area contributed by atoms with Crippen molar-refractivity contribution in [1.82, 2.24) is 19.5 Å². The van der Waals surface area contributed by atoms with Crippen LogP contribution in [0.4, 0.5) is 5.82 Å². The van der Waals surface area contributed by atoms with E-state index in [2.05, 4.69) is 27.2 Å². The molecule has 96 valence electrons. The van der Waals surface area contributed by atoms with Crippen LogP contribution in [-0.2, 0) is 0 Å². The lowest BCUT2D eigenvalue weighted by atomic mass is 10.3. The predicted molar refractivity (Wildman–Crippen MR) is 75.4 cm³/mol. The van der Waals surface area contributed by atoms with Crippen molar-refractivity contribution in [2.75, 3.05) is 11.9 Å². The number of nitrogens with one attached hydrogen (secondary N) is 1. The number of hydrogen-bond acceptors (Lipinski definition) is 4. The van der Waals surface area contributed by atoms with Crippen LogP contribution >= 0.6 is 0 Å². The van der Waals surface area contributed by atoms with E-state index >= 15 is 0 Å². The van der Waals surface area contributed by atoms with Gasteiger partial charge in [-0.1, -0.05) is 19.1 Å². The second kappa shape index (κ2) is 5.06. The summed E-state index contributed by atoms with van der Waals surface area (Å²) in [6.45, 7) is 3.03. The molecule has 0 amide bonds. The number of aromatic nitrogens is 4. The topological polar surface area (TPSA) is 55.6 Å². The molecule has 0 bridgehead atoms. The molecular formula is C14H15N5. The van der Waals surface area contributed by atoms with E-state index in [1.54, 1.807) is 12.7 Å². The van der Waals surface area contributed by atoms with Gasteiger partial charge in [-0.05, 0) is 18.6 Å². The molecule has 0 saturated carbocycles. The minimum Gasteiger partial charge on any atom is -0.370 e. The van der Waals surface area contributed by atoms with Crippen molar-refractivity contribution in [2.45, 2.75) is 13.3 Å². The minimum atomic E-state index is 0.822. The zero-order valence-corrected chi connectivity index (χ0v) is 10.7. The molecule has 3 aromatic rings. The van der Waals surface area contributed by atoms with Gasteiger partial charge in [0.05, 0.1) is 11.0 Å². The van der Waals surface area contributed by atoms with Crippen molar-refractivity contribution >= 4 is 16.9 Å². The minimum absolute atomic E-state index is 0.822. The summed E-state index contributed by atoms with van der Waals surface area (Å²) in [4.78, 5) is 12.9. The number of fused-ring (bicyclic) bond motifs is 1. The summed E-state index contributed by atoms with van der Waals surface area (Å²) in [7, 11) is 0. The monoisotopic (exact) mass is 253 g/mol. The first-order valence-corrected chi connectivity index (χ1v) is 6.37. The molecule has 19 heavy (non-hydrogen) atoms. The Morgan fingerprint density at radius 3 is 2.95 bits per heavy atom. The van der Waals surface area contributed by atoms with Crippen molar-refractivity contribution in [2.24, 2.45) is 0 Å². The molecule has 2 heterocycles. The first kappa shape index (κ1) is 11.6. The van der Waals surface area contributed by atoms with Gasteiger partial charge in [0.1, 0.15) is 24.3 Å². The molecule has 0 spiro atoms. The van der Waals surface area contributed by atoms with E-state index in [1.807, 2.05) is 34.9 Å². The number of rotatable bonds is 4.